The molecule has 0 amide bonds. The lowest BCUT2D eigenvalue weighted by atomic mass is 9.99. The topological polar surface area (TPSA) is 220 Å². The smallest absolute Gasteiger partial charge is 0.461 e. The van der Waals surface area contributed by atoms with E-state index in [1.54, 1.807) is 13.0 Å². The molecular formula is C24H31N2O12P. The number of carbonyl (C=O) groups is 2. The highest BCUT2D eigenvalue weighted by molar-refractivity contribution is 7.46. The van der Waals surface area contributed by atoms with Gasteiger partial charge in [0.25, 0.3) is 0 Å². The number of rotatable bonds is 11. The van der Waals surface area contributed by atoms with Gasteiger partial charge < -0.3 is 49.7 Å². The molecule has 3 rings (SSSR count). The number of aliphatic hydroxyl groups excluding tert-OH is 2. The number of H-pyrrole nitrogens is 1. The van der Waals surface area contributed by atoms with Gasteiger partial charge >= 0.3 is 19.8 Å². The van der Waals surface area contributed by atoms with Crippen molar-refractivity contribution in [2.75, 3.05) is 13.2 Å². The van der Waals surface area contributed by atoms with E-state index in [0.717, 1.165) is 0 Å². The molecule has 0 saturated carbocycles. The maximum absolute atomic E-state index is 12.6. The Hall–Kier alpha value is -3.07. The van der Waals surface area contributed by atoms with Crippen LogP contribution in [0.3, 0.4) is 0 Å². The van der Waals surface area contributed by atoms with E-state index in [-0.39, 0.29) is 23.6 Å². The first kappa shape index (κ1) is 30.5. The highest BCUT2D eigenvalue weighted by Gasteiger charge is 2.52. The average Bonchev–Trinajstić information content (AvgIpc) is 3.45. The fraction of sp³-hybridized carbons (Fsp3) is 0.417. The number of hydrogen-bond acceptors (Lipinski definition) is 11. The third-order valence-electron chi connectivity index (χ3n) is 5.81. The van der Waals surface area contributed by atoms with Crippen LogP contribution in [0.5, 0.6) is 5.75 Å². The van der Waals surface area contributed by atoms with Gasteiger partial charge in [0.05, 0.1) is 6.10 Å². The molecule has 0 bridgehead atoms. The fourth-order valence-electron chi connectivity index (χ4n) is 3.59. The van der Waals surface area contributed by atoms with E-state index in [1.165, 1.54) is 49.5 Å². The Morgan fingerprint density at radius 3 is 2.46 bits per heavy atom. The van der Waals surface area contributed by atoms with Crippen molar-refractivity contribution in [3.8, 4) is 5.75 Å². The number of phosphoric acid groups is 1. The van der Waals surface area contributed by atoms with Crippen LogP contribution in [0.2, 0.25) is 0 Å². The zero-order valence-electron chi connectivity index (χ0n) is 21.1. The van der Waals surface area contributed by atoms with Gasteiger partial charge in [-0.05, 0) is 43.7 Å². The van der Waals surface area contributed by atoms with Crippen molar-refractivity contribution in [3.05, 3.63) is 65.5 Å². The molecule has 14 nitrogen and oxygen atoms in total. The van der Waals surface area contributed by atoms with Gasteiger partial charge in [-0.2, -0.15) is 0 Å². The molecule has 7 N–H and O–H groups in total. The Balaban J connectivity index is 1.91. The summed E-state index contributed by atoms with van der Waals surface area (Å²) < 4.78 is 38.8. The second kappa shape index (κ2) is 13.3. The number of esters is 2. The van der Waals surface area contributed by atoms with E-state index in [9.17, 15) is 34.2 Å². The van der Waals surface area contributed by atoms with E-state index in [4.69, 9.17) is 29.2 Å². The van der Waals surface area contributed by atoms with Gasteiger partial charge in [0.15, 0.2) is 6.10 Å². The summed E-state index contributed by atoms with van der Waals surface area (Å²) in [5.41, 5.74) is 6.24. The minimum Gasteiger partial charge on any atom is -0.461 e. The summed E-state index contributed by atoms with van der Waals surface area (Å²) in [6.45, 7) is 2.43. The third-order valence-corrected chi connectivity index (χ3v) is 6.33. The highest BCUT2D eigenvalue weighted by Crippen LogP contribution is 2.42. The molecule has 0 radical (unpaired) electrons. The van der Waals surface area contributed by atoms with Crippen molar-refractivity contribution in [1.82, 2.24) is 4.98 Å². The van der Waals surface area contributed by atoms with Crippen LogP contribution < -0.4 is 10.5 Å². The molecule has 1 fully saturated rings. The lowest BCUT2D eigenvalue weighted by Gasteiger charge is -2.43. The predicted octanol–water partition coefficient (Wildman–Crippen LogP) is 0.684. The van der Waals surface area contributed by atoms with Gasteiger partial charge in [0, 0.05) is 18.3 Å². The number of nitrogens with one attached hydrogen (secondary N) is 1. The predicted molar refractivity (Wildman–Crippen MR) is 133 cm³/mol. The van der Waals surface area contributed by atoms with Gasteiger partial charge in [0.1, 0.15) is 36.4 Å². The quantitative estimate of drug-likeness (QED) is 0.124. The highest BCUT2D eigenvalue weighted by atomic mass is 31.2. The Morgan fingerprint density at radius 2 is 1.90 bits per heavy atom. The van der Waals surface area contributed by atoms with Gasteiger partial charge in [-0.25, -0.2) is 14.2 Å². The number of aromatic amines is 1. The van der Waals surface area contributed by atoms with Gasteiger partial charge in [-0.3, -0.25) is 4.52 Å². The van der Waals surface area contributed by atoms with Crippen LogP contribution in [0.15, 0.2) is 54.2 Å². The monoisotopic (exact) mass is 570 g/mol. The molecule has 1 aromatic carbocycles. The molecule has 2 aromatic rings. The number of benzene rings is 1. The summed E-state index contributed by atoms with van der Waals surface area (Å²) in [7, 11) is -5.25. The van der Waals surface area contributed by atoms with Gasteiger partial charge in [-0.1, -0.05) is 18.2 Å². The van der Waals surface area contributed by atoms with Crippen LogP contribution in [0.25, 0.3) is 0 Å². The molecule has 1 saturated heterocycles. The molecule has 1 aliphatic heterocycles. The number of allylic oxidation sites excluding steroid dienone is 1. The number of aromatic nitrogens is 1. The molecule has 0 spiro atoms. The number of aliphatic hydroxyl groups is 2. The van der Waals surface area contributed by atoms with E-state index in [0.29, 0.717) is 5.56 Å². The van der Waals surface area contributed by atoms with Crippen LogP contribution in [-0.4, -0.2) is 80.8 Å². The van der Waals surface area contributed by atoms with Crippen molar-refractivity contribution >= 4 is 19.8 Å². The maximum Gasteiger partial charge on any atom is 0.470 e. The summed E-state index contributed by atoms with van der Waals surface area (Å²) in [4.78, 5) is 46.6. The minimum absolute atomic E-state index is 0.0174. The van der Waals surface area contributed by atoms with Crippen molar-refractivity contribution in [3.63, 3.8) is 0 Å². The number of nitrogens with two attached hydrogens (primary N) is 1. The number of phosphoric ester groups is 1. The van der Waals surface area contributed by atoms with E-state index in [1.807, 2.05) is 0 Å². The molecule has 2 heterocycles. The first-order valence-electron chi connectivity index (χ1n) is 11.8. The average molecular weight is 570 g/mol. The standard InChI is InChI=1S/C24H31N2O12P/c1-3-13(2)22(29)37-21-20(38-39(31,32)33)19(28)18(12-34-23(30)16-5-4-10-26-16)36-24(21)35-15-8-6-14(7-9-15)17(27)11-25/h3-10,17-21,24,26-28H,11-12,25H2,1-2H3,(H2,31,32,33)/b13-3+. The molecule has 15 heteroatoms. The second-order valence-corrected chi connectivity index (χ2v) is 9.75. The molecule has 214 valence electrons. The zero-order chi connectivity index (χ0) is 28.7. The molecular weight excluding hydrogens is 539 g/mol. The summed E-state index contributed by atoms with van der Waals surface area (Å²) in [5.74, 6) is -1.53. The summed E-state index contributed by atoms with van der Waals surface area (Å²) in [5, 5.41) is 20.9. The van der Waals surface area contributed by atoms with Crippen molar-refractivity contribution < 1.29 is 57.6 Å². The normalized spacial score (nSPS) is 24.6. The fourth-order valence-corrected chi connectivity index (χ4v) is 4.16. The number of ether oxygens (including phenoxy) is 4. The molecule has 0 aliphatic carbocycles. The van der Waals surface area contributed by atoms with Crippen LogP contribution in [0.1, 0.15) is 36.0 Å². The molecule has 1 aromatic heterocycles. The van der Waals surface area contributed by atoms with Crippen molar-refractivity contribution in [1.29, 1.82) is 0 Å². The Kier molecular flexibility index (Phi) is 10.4. The van der Waals surface area contributed by atoms with Crippen molar-refractivity contribution in [2.24, 2.45) is 5.73 Å². The SMILES string of the molecule is C/C=C(\C)C(=O)OC1C(Oc2ccc(C(O)CN)cc2)OC(COC(=O)c2ccc[nH]2)C(O)C1OP(=O)(O)O. The number of carbonyl (C=O) groups excluding carboxylic acids is 2. The first-order chi connectivity index (χ1) is 18.4. The lowest BCUT2D eigenvalue weighted by Crippen LogP contribution is -2.62. The molecule has 6 atom stereocenters. The van der Waals surface area contributed by atoms with E-state index >= 15 is 0 Å². The van der Waals surface area contributed by atoms with Crippen LogP contribution in [0.4, 0.5) is 0 Å². The van der Waals surface area contributed by atoms with E-state index in [2.05, 4.69) is 4.98 Å². The minimum atomic E-state index is -5.25. The maximum atomic E-state index is 12.6. The summed E-state index contributed by atoms with van der Waals surface area (Å²) in [6.07, 6.45) is -6.34. The van der Waals surface area contributed by atoms with Gasteiger partial charge in [0.2, 0.25) is 6.29 Å². The first-order valence-corrected chi connectivity index (χ1v) is 13.3. The Labute approximate surface area is 223 Å². The van der Waals surface area contributed by atoms with Crippen LogP contribution in [0, 0.1) is 0 Å². The Bertz CT molecular complexity index is 1180. The van der Waals surface area contributed by atoms with Crippen molar-refractivity contribution in [2.45, 2.75) is 50.7 Å². The van der Waals surface area contributed by atoms with Crippen LogP contribution >= 0.6 is 7.82 Å². The Morgan fingerprint density at radius 1 is 1.21 bits per heavy atom. The lowest BCUT2D eigenvalue weighted by molar-refractivity contribution is -0.278. The van der Waals surface area contributed by atoms with Gasteiger partial charge in [-0.15, -0.1) is 0 Å². The molecule has 39 heavy (non-hydrogen) atoms. The van der Waals surface area contributed by atoms with E-state index < -0.39 is 63.2 Å². The molecule has 6 unspecified atom stereocenters. The molecule has 1 aliphatic rings. The zero-order valence-corrected chi connectivity index (χ0v) is 22.0. The van der Waals surface area contributed by atoms with Crippen LogP contribution in [-0.2, 0) is 28.1 Å². The summed E-state index contributed by atoms with van der Waals surface area (Å²) >= 11 is 0. The third kappa shape index (κ3) is 8.21. The second-order valence-electron chi connectivity index (χ2n) is 8.56. The summed E-state index contributed by atoms with van der Waals surface area (Å²) in [6, 6.07) is 8.98. The largest absolute Gasteiger partial charge is 0.470 e. The number of hydrogen-bond donors (Lipinski definition) is 6.